The minimum atomic E-state index is -0.235. The van der Waals surface area contributed by atoms with E-state index in [9.17, 15) is 9.59 Å². The summed E-state index contributed by atoms with van der Waals surface area (Å²) < 4.78 is 10.5. The van der Waals surface area contributed by atoms with E-state index in [1.807, 2.05) is 20.8 Å². The highest BCUT2D eigenvalue weighted by Gasteiger charge is 2.14. The molecule has 1 N–H and O–H groups in total. The van der Waals surface area contributed by atoms with E-state index in [1.54, 1.807) is 38.5 Å². The fourth-order valence-electron chi connectivity index (χ4n) is 2.12. The maximum absolute atomic E-state index is 12.3. The first-order valence-corrected chi connectivity index (χ1v) is 7.89. The van der Waals surface area contributed by atoms with Gasteiger partial charge in [0.25, 0.3) is 0 Å². The normalized spacial score (nSPS) is 10.8. The molecule has 0 saturated carbocycles. The molecule has 0 bridgehead atoms. The summed E-state index contributed by atoms with van der Waals surface area (Å²) in [5, 5.41) is 2.78. The third-order valence-corrected chi connectivity index (χ3v) is 3.32. The van der Waals surface area contributed by atoms with E-state index in [0.29, 0.717) is 18.0 Å². The number of rotatable bonds is 8. The molecule has 1 rings (SSSR count). The zero-order valence-corrected chi connectivity index (χ0v) is 15.0. The van der Waals surface area contributed by atoms with Crippen LogP contribution < -0.4 is 14.8 Å². The lowest BCUT2D eigenvalue weighted by Gasteiger charge is -2.19. The summed E-state index contributed by atoms with van der Waals surface area (Å²) in [4.78, 5) is 25.6. The van der Waals surface area contributed by atoms with Crippen LogP contribution in [0.25, 0.3) is 6.08 Å². The lowest BCUT2D eigenvalue weighted by Crippen LogP contribution is -2.42. The quantitative estimate of drug-likeness (QED) is 0.739. The van der Waals surface area contributed by atoms with Gasteiger partial charge in [-0.05, 0) is 45.0 Å². The number of amides is 2. The van der Waals surface area contributed by atoms with Crippen molar-refractivity contribution in [1.82, 2.24) is 10.2 Å². The molecule has 6 nitrogen and oxygen atoms in total. The van der Waals surface area contributed by atoms with E-state index < -0.39 is 0 Å². The van der Waals surface area contributed by atoms with Gasteiger partial charge in [0.15, 0.2) is 0 Å². The van der Waals surface area contributed by atoms with Crippen LogP contribution in [-0.2, 0) is 9.59 Å². The van der Waals surface area contributed by atoms with Crippen LogP contribution in [-0.4, -0.2) is 50.1 Å². The first kappa shape index (κ1) is 19.5. The molecule has 0 aliphatic rings. The van der Waals surface area contributed by atoms with Crippen LogP contribution in [0.15, 0.2) is 24.3 Å². The van der Waals surface area contributed by atoms with E-state index in [1.165, 1.54) is 11.0 Å². The van der Waals surface area contributed by atoms with Gasteiger partial charge in [-0.3, -0.25) is 9.59 Å². The smallest absolute Gasteiger partial charge is 0.247 e. The van der Waals surface area contributed by atoms with E-state index in [2.05, 4.69) is 5.32 Å². The summed E-state index contributed by atoms with van der Waals surface area (Å²) in [5.74, 6) is 0.904. The van der Waals surface area contributed by atoms with Gasteiger partial charge in [0.1, 0.15) is 11.5 Å². The predicted molar refractivity (Wildman–Crippen MR) is 94.1 cm³/mol. The Morgan fingerprint density at radius 3 is 2.50 bits per heavy atom. The number of methoxy groups -OCH3 is 2. The van der Waals surface area contributed by atoms with Crippen LogP contribution in [0, 0.1) is 0 Å². The number of nitrogens with one attached hydrogen (secondary N) is 1. The molecule has 2 amide bonds. The van der Waals surface area contributed by atoms with Crippen molar-refractivity contribution in [3.63, 3.8) is 0 Å². The third-order valence-electron chi connectivity index (χ3n) is 3.32. The summed E-state index contributed by atoms with van der Waals surface area (Å²) >= 11 is 0. The second-order valence-electron chi connectivity index (χ2n) is 5.52. The molecule has 0 spiro atoms. The van der Waals surface area contributed by atoms with Crippen molar-refractivity contribution in [3.8, 4) is 11.5 Å². The van der Waals surface area contributed by atoms with Gasteiger partial charge in [0.05, 0.1) is 20.8 Å². The summed E-state index contributed by atoms with van der Waals surface area (Å²) in [6, 6.07) is 5.39. The molecule has 0 unspecified atom stereocenters. The Morgan fingerprint density at radius 1 is 1.25 bits per heavy atom. The van der Waals surface area contributed by atoms with Crippen molar-refractivity contribution in [2.45, 2.75) is 26.8 Å². The summed E-state index contributed by atoms with van der Waals surface area (Å²) in [6.07, 6.45) is 3.09. The average Bonchev–Trinajstić information content (AvgIpc) is 2.56. The maximum Gasteiger partial charge on any atom is 0.247 e. The zero-order chi connectivity index (χ0) is 18.1. The Morgan fingerprint density at radius 2 is 1.96 bits per heavy atom. The highest BCUT2D eigenvalue weighted by molar-refractivity contribution is 5.94. The molecule has 0 atom stereocenters. The summed E-state index contributed by atoms with van der Waals surface area (Å²) in [5.41, 5.74) is 0.730. The highest BCUT2D eigenvalue weighted by atomic mass is 16.5. The van der Waals surface area contributed by atoms with Crippen LogP contribution >= 0.6 is 0 Å². The highest BCUT2D eigenvalue weighted by Crippen LogP contribution is 2.25. The molecule has 0 aliphatic heterocycles. The molecule has 132 valence electrons. The van der Waals surface area contributed by atoms with E-state index in [0.717, 1.165) is 5.56 Å². The summed E-state index contributed by atoms with van der Waals surface area (Å²) in [6.45, 7) is 6.08. The third kappa shape index (κ3) is 5.95. The second-order valence-corrected chi connectivity index (χ2v) is 5.52. The maximum atomic E-state index is 12.3. The molecular weight excluding hydrogens is 308 g/mol. The van der Waals surface area contributed by atoms with E-state index in [4.69, 9.17) is 9.47 Å². The van der Waals surface area contributed by atoms with Gasteiger partial charge in [0.2, 0.25) is 11.8 Å². The van der Waals surface area contributed by atoms with Gasteiger partial charge in [-0.1, -0.05) is 0 Å². The first-order chi connectivity index (χ1) is 11.4. The largest absolute Gasteiger partial charge is 0.497 e. The molecule has 6 heteroatoms. The molecule has 24 heavy (non-hydrogen) atoms. The van der Waals surface area contributed by atoms with Gasteiger partial charge in [-0.25, -0.2) is 0 Å². The molecule has 0 aliphatic carbocycles. The fourth-order valence-corrected chi connectivity index (χ4v) is 2.12. The fraction of sp³-hybridized carbons (Fsp3) is 0.444. The standard InChI is InChI=1S/C18H26N2O4/c1-6-20(12-17(21)19-13(2)3)18(22)10-7-14-11-15(23-4)8-9-16(14)24-5/h7-11,13H,6,12H2,1-5H3,(H,19,21)/b10-7+. The first-order valence-electron chi connectivity index (χ1n) is 7.89. The Kier molecular flexibility index (Phi) is 7.82. The van der Waals surface area contributed by atoms with Crippen molar-refractivity contribution in [2.75, 3.05) is 27.3 Å². The molecule has 0 saturated heterocycles. The number of likely N-dealkylation sites (N-methyl/N-ethyl adjacent to an activating group) is 1. The number of benzene rings is 1. The molecule has 0 radical (unpaired) electrons. The van der Waals surface area contributed by atoms with E-state index in [-0.39, 0.29) is 24.4 Å². The van der Waals surface area contributed by atoms with Crippen LogP contribution in [0.1, 0.15) is 26.3 Å². The van der Waals surface area contributed by atoms with Crippen molar-refractivity contribution >= 4 is 17.9 Å². The number of hydrogen-bond donors (Lipinski definition) is 1. The number of hydrogen-bond acceptors (Lipinski definition) is 4. The molecule has 1 aromatic carbocycles. The number of carbonyl (C=O) groups is 2. The van der Waals surface area contributed by atoms with Crippen molar-refractivity contribution in [1.29, 1.82) is 0 Å². The van der Waals surface area contributed by atoms with Crippen molar-refractivity contribution in [3.05, 3.63) is 29.8 Å². The number of ether oxygens (including phenoxy) is 2. The van der Waals surface area contributed by atoms with Crippen LogP contribution in [0.4, 0.5) is 0 Å². The molecule has 0 aromatic heterocycles. The van der Waals surface area contributed by atoms with Gasteiger partial charge in [0, 0.05) is 24.2 Å². The predicted octanol–water partition coefficient (Wildman–Crippen LogP) is 2.09. The lowest BCUT2D eigenvalue weighted by molar-refractivity contribution is -0.132. The molecule has 0 fully saturated rings. The number of carbonyl (C=O) groups excluding carboxylic acids is 2. The second kappa shape index (κ2) is 9.60. The molecular formula is C18H26N2O4. The monoisotopic (exact) mass is 334 g/mol. The van der Waals surface area contributed by atoms with E-state index >= 15 is 0 Å². The minimum Gasteiger partial charge on any atom is -0.497 e. The number of nitrogens with zero attached hydrogens (tertiary/aromatic N) is 1. The van der Waals surface area contributed by atoms with Crippen LogP contribution in [0.5, 0.6) is 11.5 Å². The van der Waals surface area contributed by atoms with Gasteiger partial charge < -0.3 is 19.7 Å². The summed E-state index contributed by atoms with van der Waals surface area (Å²) in [7, 11) is 3.14. The SMILES string of the molecule is CCN(CC(=O)NC(C)C)C(=O)/C=C/c1cc(OC)ccc1OC. The lowest BCUT2D eigenvalue weighted by atomic mass is 10.1. The Labute approximate surface area is 143 Å². The van der Waals surface area contributed by atoms with Crippen LogP contribution in [0.2, 0.25) is 0 Å². The van der Waals surface area contributed by atoms with Crippen LogP contribution in [0.3, 0.4) is 0 Å². The van der Waals surface area contributed by atoms with Gasteiger partial charge in [-0.2, -0.15) is 0 Å². The Balaban J connectivity index is 2.84. The van der Waals surface area contributed by atoms with Gasteiger partial charge in [-0.15, -0.1) is 0 Å². The average molecular weight is 334 g/mol. The zero-order valence-electron chi connectivity index (χ0n) is 15.0. The van der Waals surface area contributed by atoms with Gasteiger partial charge >= 0.3 is 0 Å². The van der Waals surface area contributed by atoms with Crippen molar-refractivity contribution in [2.24, 2.45) is 0 Å². The molecule has 0 heterocycles. The Bertz CT molecular complexity index is 597. The Hall–Kier alpha value is -2.50. The topological polar surface area (TPSA) is 67.9 Å². The minimum absolute atomic E-state index is 0.0348. The molecule has 1 aromatic rings. The van der Waals surface area contributed by atoms with Crippen molar-refractivity contribution < 1.29 is 19.1 Å².